The van der Waals surface area contributed by atoms with Gasteiger partial charge in [0.15, 0.2) is 0 Å². The first-order valence-electron chi connectivity index (χ1n) is 6.56. The molecule has 0 aromatic rings. The number of carbonyl (C=O) groups is 1. The number of rotatable bonds is 2. The van der Waals surface area contributed by atoms with Crippen LogP contribution >= 0.6 is 0 Å². The molecule has 0 aromatic carbocycles. The van der Waals surface area contributed by atoms with Gasteiger partial charge in [-0.2, -0.15) is 0 Å². The molecule has 1 N–H and O–H groups in total. The highest BCUT2D eigenvalue weighted by molar-refractivity contribution is 5.83. The van der Waals surface area contributed by atoms with Crippen molar-refractivity contribution in [2.24, 2.45) is 11.3 Å². The lowest BCUT2D eigenvalue weighted by molar-refractivity contribution is -0.141. The number of nitrogens with zero attached hydrogens (tertiary/aromatic N) is 1. The average Bonchev–Trinajstić information content (AvgIpc) is 2.85. The van der Waals surface area contributed by atoms with Crippen LogP contribution in [0.3, 0.4) is 0 Å². The molecule has 2 atom stereocenters. The smallest absolute Gasteiger partial charge is 0.230 e. The Morgan fingerprint density at radius 2 is 2.25 bits per heavy atom. The second-order valence-electron chi connectivity index (χ2n) is 5.94. The predicted molar refractivity (Wildman–Crippen MR) is 65.2 cm³/mol. The zero-order chi connectivity index (χ0) is 11.8. The fraction of sp³-hybridized carbons (Fsp3) is 0.923. The van der Waals surface area contributed by atoms with Gasteiger partial charge < -0.3 is 10.2 Å². The van der Waals surface area contributed by atoms with Crippen LogP contribution < -0.4 is 5.32 Å². The third-order valence-electron chi connectivity index (χ3n) is 4.21. The molecule has 2 heterocycles. The van der Waals surface area contributed by atoms with E-state index in [9.17, 15) is 4.79 Å². The minimum absolute atomic E-state index is 0.141. The van der Waals surface area contributed by atoms with Crippen molar-refractivity contribution >= 4 is 5.91 Å². The Bertz CT molecular complexity index is 269. The molecule has 2 rings (SSSR count). The second-order valence-corrected chi connectivity index (χ2v) is 5.94. The topological polar surface area (TPSA) is 32.3 Å². The van der Waals surface area contributed by atoms with Crippen LogP contribution in [-0.2, 0) is 4.79 Å². The van der Waals surface area contributed by atoms with Crippen LogP contribution in [0.2, 0.25) is 0 Å². The summed E-state index contributed by atoms with van der Waals surface area (Å²) < 4.78 is 0. The SMILES string of the molecule is CC(C)C1CCCN1C(=O)C1(C)CCNC1. The van der Waals surface area contributed by atoms with E-state index in [-0.39, 0.29) is 5.41 Å². The Balaban J connectivity index is 2.09. The molecule has 0 spiro atoms. The number of likely N-dealkylation sites (tertiary alicyclic amines) is 1. The fourth-order valence-electron chi connectivity index (χ4n) is 3.08. The Labute approximate surface area is 98.6 Å². The van der Waals surface area contributed by atoms with Crippen molar-refractivity contribution in [2.45, 2.75) is 46.1 Å². The van der Waals surface area contributed by atoms with Crippen molar-refractivity contribution in [3.63, 3.8) is 0 Å². The molecule has 2 fully saturated rings. The highest BCUT2D eigenvalue weighted by Gasteiger charge is 2.42. The summed E-state index contributed by atoms with van der Waals surface area (Å²) in [6.07, 6.45) is 3.36. The van der Waals surface area contributed by atoms with Gasteiger partial charge in [-0.1, -0.05) is 13.8 Å². The summed E-state index contributed by atoms with van der Waals surface area (Å²) in [6.45, 7) is 9.38. The van der Waals surface area contributed by atoms with Gasteiger partial charge in [-0.15, -0.1) is 0 Å². The third-order valence-corrected chi connectivity index (χ3v) is 4.21. The van der Waals surface area contributed by atoms with Gasteiger partial charge in [0.25, 0.3) is 0 Å². The summed E-state index contributed by atoms with van der Waals surface area (Å²) in [5, 5.41) is 3.31. The van der Waals surface area contributed by atoms with Crippen molar-refractivity contribution < 1.29 is 4.79 Å². The molecule has 0 aromatic heterocycles. The standard InChI is InChI=1S/C13H24N2O/c1-10(2)11-5-4-8-15(11)12(16)13(3)6-7-14-9-13/h10-11,14H,4-9H2,1-3H3. The van der Waals surface area contributed by atoms with E-state index in [0.29, 0.717) is 17.9 Å². The van der Waals surface area contributed by atoms with Crippen molar-refractivity contribution in [1.82, 2.24) is 10.2 Å². The van der Waals surface area contributed by atoms with E-state index in [1.165, 1.54) is 12.8 Å². The van der Waals surface area contributed by atoms with E-state index in [4.69, 9.17) is 0 Å². The maximum absolute atomic E-state index is 12.6. The largest absolute Gasteiger partial charge is 0.339 e. The lowest BCUT2D eigenvalue weighted by atomic mass is 9.87. The molecule has 0 aliphatic carbocycles. The molecule has 2 saturated heterocycles. The molecule has 0 radical (unpaired) electrons. The monoisotopic (exact) mass is 224 g/mol. The van der Waals surface area contributed by atoms with Crippen LogP contribution in [0, 0.1) is 11.3 Å². The Morgan fingerprint density at radius 1 is 1.50 bits per heavy atom. The number of amides is 1. The normalized spacial score (nSPS) is 35.0. The molecule has 2 unspecified atom stereocenters. The van der Waals surface area contributed by atoms with Gasteiger partial charge in [-0.25, -0.2) is 0 Å². The van der Waals surface area contributed by atoms with Gasteiger partial charge in [0.05, 0.1) is 5.41 Å². The van der Waals surface area contributed by atoms with Crippen LogP contribution in [0.5, 0.6) is 0 Å². The van der Waals surface area contributed by atoms with Gasteiger partial charge in [0, 0.05) is 19.1 Å². The first-order chi connectivity index (χ1) is 7.54. The summed E-state index contributed by atoms with van der Waals surface area (Å²) in [5.41, 5.74) is -0.141. The van der Waals surface area contributed by atoms with Gasteiger partial charge in [-0.05, 0) is 38.6 Å². The quantitative estimate of drug-likeness (QED) is 0.773. The molecule has 92 valence electrons. The average molecular weight is 224 g/mol. The first kappa shape index (κ1) is 11.9. The highest BCUT2D eigenvalue weighted by Crippen LogP contribution is 2.32. The van der Waals surface area contributed by atoms with Crippen LogP contribution in [0.4, 0.5) is 0 Å². The second kappa shape index (κ2) is 4.36. The maximum atomic E-state index is 12.6. The van der Waals surface area contributed by atoms with Crippen molar-refractivity contribution in [1.29, 1.82) is 0 Å². The number of hydrogen-bond donors (Lipinski definition) is 1. The fourth-order valence-corrected chi connectivity index (χ4v) is 3.08. The first-order valence-corrected chi connectivity index (χ1v) is 6.56. The number of carbonyl (C=O) groups excluding carboxylic acids is 1. The zero-order valence-corrected chi connectivity index (χ0v) is 10.8. The van der Waals surface area contributed by atoms with Crippen molar-refractivity contribution in [3.05, 3.63) is 0 Å². The van der Waals surface area contributed by atoms with E-state index < -0.39 is 0 Å². The summed E-state index contributed by atoms with van der Waals surface area (Å²) >= 11 is 0. The zero-order valence-electron chi connectivity index (χ0n) is 10.8. The molecule has 3 nitrogen and oxygen atoms in total. The van der Waals surface area contributed by atoms with Crippen LogP contribution in [0.1, 0.15) is 40.0 Å². The van der Waals surface area contributed by atoms with E-state index in [1.54, 1.807) is 0 Å². The molecule has 0 bridgehead atoms. The molecule has 3 heteroatoms. The third kappa shape index (κ3) is 1.97. The Kier molecular flexibility index (Phi) is 3.24. The van der Waals surface area contributed by atoms with Gasteiger partial charge >= 0.3 is 0 Å². The lowest BCUT2D eigenvalue weighted by Gasteiger charge is -2.34. The molecule has 0 saturated carbocycles. The van der Waals surface area contributed by atoms with Crippen molar-refractivity contribution in [2.75, 3.05) is 19.6 Å². The summed E-state index contributed by atoms with van der Waals surface area (Å²) in [4.78, 5) is 14.7. The van der Waals surface area contributed by atoms with E-state index >= 15 is 0 Å². The summed E-state index contributed by atoms with van der Waals surface area (Å²) in [5.74, 6) is 0.970. The summed E-state index contributed by atoms with van der Waals surface area (Å²) in [6, 6.07) is 0.477. The van der Waals surface area contributed by atoms with Gasteiger partial charge in [0.2, 0.25) is 5.91 Å². The molecule has 16 heavy (non-hydrogen) atoms. The molecule has 2 aliphatic rings. The summed E-state index contributed by atoms with van der Waals surface area (Å²) in [7, 11) is 0. The number of hydrogen-bond acceptors (Lipinski definition) is 2. The highest BCUT2D eigenvalue weighted by atomic mass is 16.2. The predicted octanol–water partition coefficient (Wildman–Crippen LogP) is 1.63. The van der Waals surface area contributed by atoms with Gasteiger partial charge in [0.1, 0.15) is 0 Å². The molecular formula is C13H24N2O. The molecule has 1 amide bonds. The Morgan fingerprint density at radius 3 is 2.81 bits per heavy atom. The maximum Gasteiger partial charge on any atom is 0.230 e. The lowest BCUT2D eigenvalue weighted by Crippen LogP contribution is -2.47. The molecular weight excluding hydrogens is 200 g/mol. The van der Waals surface area contributed by atoms with E-state index in [1.807, 2.05) is 0 Å². The minimum Gasteiger partial charge on any atom is -0.339 e. The van der Waals surface area contributed by atoms with Gasteiger partial charge in [-0.3, -0.25) is 4.79 Å². The van der Waals surface area contributed by atoms with Crippen LogP contribution in [0.15, 0.2) is 0 Å². The molecule has 2 aliphatic heterocycles. The van der Waals surface area contributed by atoms with Crippen LogP contribution in [0.25, 0.3) is 0 Å². The minimum atomic E-state index is -0.141. The Hall–Kier alpha value is -0.570. The van der Waals surface area contributed by atoms with Crippen LogP contribution in [-0.4, -0.2) is 36.5 Å². The van der Waals surface area contributed by atoms with Crippen molar-refractivity contribution in [3.8, 4) is 0 Å². The number of nitrogens with one attached hydrogen (secondary N) is 1. The van der Waals surface area contributed by atoms with E-state index in [2.05, 4.69) is 31.0 Å². The van der Waals surface area contributed by atoms with E-state index in [0.717, 1.165) is 26.1 Å².